The van der Waals surface area contributed by atoms with Gasteiger partial charge in [0.2, 0.25) is 0 Å². The molecular weight excluding hydrogens is 288 g/mol. The summed E-state index contributed by atoms with van der Waals surface area (Å²) in [7, 11) is 0. The van der Waals surface area contributed by atoms with Crippen molar-refractivity contribution in [3.63, 3.8) is 0 Å². The molecule has 2 aromatic rings. The number of hydrogen-bond donors (Lipinski definition) is 2. The Labute approximate surface area is 130 Å². The zero-order valence-electron chi connectivity index (χ0n) is 12.6. The van der Waals surface area contributed by atoms with E-state index in [1.807, 2.05) is 26.0 Å². The van der Waals surface area contributed by atoms with Gasteiger partial charge in [0.25, 0.3) is 0 Å². The van der Waals surface area contributed by atoms with Gasteiger partial charge in [0.05, 0.1) is 11.1 Å². The van der Waals surface area contributed by atoms with Gasteiger partial charge in [-0.3, -0.25) is 0 Å². The molecule has 0 aliphatic heterocycles. The number of aromatic nitrogens is 1. The van der Waals surface area contributed by atoms with Gasteiger partial charge >= 0.3 is 0 Å². The maximum atomic E-state index is 8.73. The van der Waals surface area contributed by atoms with Gasteiger partial charge in [0.15, 0.2) is 11.5 Å². The van der Waals surface area contributed by atoms with Crippen LogP contribution in [0.3, 0.4) is 0 Å². The fourth-order valence-electron chi connectivity index (χ4n) is 2.33. The molecule has 0 bridgehead atoms. The van der Waals surface area contributed by atoms with Crippen LogP contribution in [0.15, 0.2) is 16.5 Å². The first-order chi connectivity index (χ1) is 10.0. The van der Waals surface area contributed by atoms with Gasteiger partial charge in [0, 0.05) is 12.5 Å². The van der Waals surface area contributed by atoms with Crippen molar-refractivity contribution < 1.29 is 9.52 Å². The first kappa shape index (κ1) is 16.3. The molecule has 21 heavy (non-hydrogen) atoms. The lowest BCUT2D eigenvalue weighted by molar-refractivity contribution is 0.183. The van der Waals surface area contributed by atoms with Crippen molar-refractivity contribution in [1.29, 1.82) is 0 Å². The van der Waals surface area contributed by atoms with E-state index in [0.717, 1.165) is 23.9 Å². The van der Waals surface area contributed by atoms with Gasteiger partial charge in [-0.25, -0.2) is 4.98 Å². The molecule has 3 rings (SSSR count). The third-order valence-corrected chi connectivity index (χ3v) is 3.86. The fourth-order valence-corrected chi connectivity index (χ4v) is 2.61. The van der Waals surface area contributed by atoms with Crippen LogP contribution in [-0.2, 0) is 6.54 Å². The van der Waals surface area contributed by atoms with Crippen molar-refractivity contribution in [2.45, 2.75) is 58.1 Å². The number of nitrogens with zero attached hydrogens (tertiary/aromatic N) is 1. The van der Waals surface area contributed by atoms with Gasteiger partial charge in [-0.15, -0.1) is 0 Å². The molecule has 0 atom stereocenters. The maximum Gasteiger partial charge on any atom is 0.198 e. The SMILES string of the molecule is CC(C)c1nc2cc(CN)cc(Cl)c2o1.OC1CCCC1. The van der Waals surface area contributed by atoms with Crippen molar-refractivity contribution in [1.82, 2.24) is 4.98 Å². The molecule has 0 spiro atoms. The summed E-state index contributed by atoms with van der Waals surface area (Å²) >= 11 is 6.07. The zero-order chi connectivity index (χ0) is 15.4. The summed E-state index contributed by atoms with van der Waals surface area (Å²) in [5.74, 6) is 0.968. The summed E-state index contributed by atoms with van der Waals surface area (Å²) in [4.78, 5) is 4.38. The zero-order valence-corrected chi connectivity index (χ0v) is 13.4. The minimum Gasteiger partial charge on any atom is -0.439 e. The van der Waals surface area contributed by atoms with Crippen LogP contribution in [-0.4, -0.2) is 16.2 Å². The number of halogens is 1. The van der Waals surface area contributed by atoms with Crippen LogP contribution < -0.4 is 5.73 Å². The second-order valence-electron chi connectivity index (χ2n) is 5.78. The smallest absolute Gasteiger partial charge is 0.198 e. The van der Waals surface area contributed by atoms with Crippen LogP contribution in [0.25, 0.3) is 11.1 Å². The highest BCUT2D eigenvalue weighted by Crippen LogP contribution is 2.28. The van der Waals surface area contributed by atoms with E-state index in [2.05, 4.69) is 4.98 Å². The summed E-state index contributed by atoms with van der Waals surface area (Å²) < 4.78 is 5.58. The Morgan fingerprint density at radius 3 is 2.52 bits per heavy atom. The Morgan fingerprint density at radius 2 is 2.05 bits per heavy atom. The van der Waals surface area contributed by atoms with E-state index in [-0.39, 0.29) is 12.0 Å². The molecule has 116 valence electrons. The molecule has 0 radical (unpaired) electrons. The quantitative estimate of drug-likeness (QED) is 0.880. The van der Waals surface area contributed by atoms with Gasteiger partial charge in [0.1, 0.15) is 5.52 Å². The minimum atomic E-state index is 0.0463. The van der Waals surface area contributed by atoms with Crippen LogP contribution in [0.2, 0.25) is 5.02 Å². The van der Waals surface area contributed by atoms with Crippen molar-refractivity contribution in [2.75, 3.05) is 0 Å². The summed E-state index contributed by atoms with van der Waals surface area (Å²) in [5.41, 5.74) is 7.96. The normalized spacial score (nSPS) is 15.5. The Balaban J connectivity index is 0.000000225. The largest absolute Gasteiger partial charge is 0.439 e. The monoisotopic (exact) mass is 310 g/mol. The van der Waals surface area contributed by atoms with E-state index in [1.165, 1.54) is 12.8 Å². The number of oxazole rings is 1. The van der Waals surface area contributed by atoms with Crippen molar-refractivity contribution in [3.8, 4) is 0 Å². The van der Waals surface area contributed by atoms with E-state index in [1.54, 1.807) is 0 Å². The summed E-state index contributed by atoms with van der Waals surface area (Å²) in [6.07, 6.45) is 4.60. The fraction of sp³-hybridized carbons (Fsp3) is 0.562. The van der Waals surface area contributed by atoms with E-state index < -0.39 is 0 Å². The molecule has 1 aliphatic rings. The molecule has 1 aromatic heterocycles. The summed E-state index contributed by atoms with van der Waals surface area (Å²) in [5, 5.41) is 9.31. The van der Waals surface area contributed by atoms with Crippen molar-refractivity contribution in [2.24, 2.45) is 5.73 Å². The van der Waals surface area contributed by atoms with E-state index in [0.29, 0.717) is 23.0 Å². The van der Waals surface area contributed by atoms with E-state index >= 15 is 0 Å². The number of aliphatic hydroxyl groups excluding tert-OH is 1. The number of rotatable bonds is 2. The molecule has 1 aromatic carbocycles. The van der Waals surface area contributed by atoms with Crippen LogP contribution in [0, 0.1) is 0 Å². The summed E-state index contributed by atoms with van der Waals surface area (Å²) in [6.45, 7) is 4.52. The highest BCUT2D eigenvalue weighted by atomic mass is 35.5. The van der Waals surface area contributed by atoms with Crippen molar-refractivity contribution >= 4 is 22.7 Å². The standard InChI is InChI=1S/C11H13ClN2O.C5H10O/c1-6(2)11-14-9-4-7(5-13)3-8(12)10(9)15-11;6-5-3-1-2-4-5/h3-4,6H,5,13H2,1-2H3;5-6H,1-4H2. The Morgan fingerprint density at radius 1 is 1.38 bits per heavy atom. The molecule has 1 saturated carbocycles. The number of hydrogen-bond acceptors (Lipinski definition) is 4. The van der Waals surface area contributed by atoms with E-state index in [4.69, 9.17) is 26.9 Å². The third-order valence-electron chi connectivity index (χ3n) is 3.58. The number of aliphatic hydroxyl groups is 1. The third kappa shape index (κ3) is 4.19. The second kappa shape index (κ2) is 7.25. The molecule has 0 saturated heterocycles. The number of fused-ring (bicyclic) bond motifs is 1. The average Bonchev–Trinajstić information content (AvgIpc) is 3.08. The predicted molar refractivity (Wildman–Crippen MR) is 85.5 cm³/mol. The number of nitrogens with two attached hydrogens (primary N) is 1. The van der Waals surface area contributed by atoms with Gasteiger partial charge in [-0.05, 0) is 30.5 Å². The van der Waals surface area contributed by atoms with Gasteiger partial charge in [-0.2, -0.15) is 0 Å². The average molecular weight is 311 g/mol. The topological polar surface area (TPSA) is 72.3 Å². The lowest BCUT2D eigenvalue weighted by Crippen LogP contribution is -1.95. The first-order valence-electron chi connectivity index (χ1n) is 7.48. The molecule has 0 amide bonds. The molecule has 3 N–H and O–H groups in total. The predicted octanol–water partition coefficient (Wildman–Crippen LogP) is 3.98. The molecular formula is C16H23ClN2O2. The Bertz CT molecular complexity index is 589. The van der Waals surface area contributed by atoms with Crippen LogP contribution in [0.5, 0.6) is 0 Å². The molecule has 0 unspecified atom stereocenters. The minimum absolute atomic E-state index is 0.0463. The Kier molecular flexibility index (Phi) is 5.62. The Hall–Kier alpha value is -1.10. The highest BCUT2D eigenvalue weighted by Gasteiger charge is 2.12. The lowest BCUT2D eigenvalue weighted by atomic mass is 10.2. The van der Waals surface area contributed by atoms with Crippen molar-refractivity contribution in [3.05, 3.63) is 28.6 Å². The molecule has 5 heteroatoms. The first-order valence-corrected chi connectivity index (χ1v) is 7.86. The van der Waals surface area contributed by atoms with Crippen LogP contribution in [0.1, 0.15) is 56.9 Å². The number of benzene rings is 1. The van der Waals surface area contributed by atoms with Crippen LogP contribution in [0.4, 0.5) is 0 Å². The highest BCUT2D eigenvalue weighted by molar-refractivity contribution is 6.34. The second-order valence-corrected chi connectivity index (χ2v) is 6.18. The van der Waals surface area contributed by atoms with Gasteiger partial charge in [-0.1, -0.05) is 38.3 Å². The summed E-state index contributed by atoms with van der Waals surface area (Å²) in [6, 6.07) is 3.73. The van der Waals surface area contributed by atoms with Crippen LogP contribution >= 0.6 is 11.6 Å². The lowest BCUT2D eigenvalue weighted by Gasteiger charge is -1.96. The molecule has 1 aliphatic carbocycles. The maximum absolute atomic E-state index is 8.73. The van der Waals surface area contributed by atoms with E-state index in [9.17, 15) is 0 Å². The van der Waals surface area contributed by atoms with Gasteiger partial charge < -0.3 is 15.3 Å². The molecule has 1 fully saturated rings. The molecule has 1 heterocycles. The molecule has 4 nitrogen and oxygen atoms in total.